The Hall–Kier alpha value is -6.98. The molecule has 0 bridgehead atoms. The summed E-state index contributed by atoms with van der Waals surface area (Å²) in [5.41, 5.74) is 12.3. The molecule has 0 aliphatic heterocycles. The lowest BCUT2D eigenvalue weighted by molar-refractivity contribution is 0.479. The van der Waals surface area contributed by atoms with Crippen LogP contribution in [0.4, 0.5) is 0 Å². The van der Waals surface area contributed by atoms with Gasteiger partial charge in [0.15, 0.2) is 0 Å². The normalized spacial score (nSPS) is 11.6. The van der Waals surface area contributed by atoms with Gasteiger partial charge < -0.3 is 9.67 Å². The first-order valence-electron chi connectivity index (χ1n) is 17.5. The molecule has 0 saturated heterocycles. The first-order chi connectivity index (χ1) is 25.6. The summed E-state index contributed by atoms with van der Waals surface area (Å²) in [5.74, 6) is 0.942. The lowest BCUT2D eigenvalue weighted by Crippen LogP contribution is -1.99. The molecule has 5 nitrogen and oxygen atoms in total. The Bertz CT molecular complexity index is 2980. The van der Waals surface area contributed by atoms with Gasteiger partial charge >= 0.3 is 0 Å². The van der Waals surface area contributed by atoms with Crippen LogP contribution in [0.15, 0.2) is 170 Å². The van der Waals surface area contributed by atoms with Gasteiger partial charge in [-0.1, -0.05) is 103 Å². The van der Waals surface area contributed by atoms with Gasteiger partial charge in [0.2, 0.25) is 0 Å². The highest BCUT2D eigenvalue weighted by Crippen LogP contribution is 2.44. The summed E-state index contributed by atoms with van der Waals surface area (Å²) in [6.45, 7) is 2.10. The van der Waals surface area contributed by atoms with Crippen molar-refractivity contribution in [3.63, 3.8) is 0 Å². The van der Waals surface area contributed by atoms with Crippen molar-refractivity contribution in [1.29, 1.82) is 0 Å². The van der Waals surface area contributed by atoms with Crippen LogP contribution in [0.5, 0.6) is 5.75 Å². The molecule has 10 aromatic rings. The van der Waals surface area contributed by atoms with Gasteiger partial charge in [0.25, 0.3) is 0 Å². The van der Waals surface area contributed by atoms with Crippen molar-refractivity contribution in [3.8, 4) is 50.9 Å². The van der Waals surface area contributed by atoms with Crippen molar-refractivity contribution in [2.24, 2.45) is 0 Å². The van der Waals surface area contributed by atoms with Crippen molar-refractivity contribution in [3.05, 3.63) is 176 Å². The van der Waals surface area contributed by atoms with E-state index in [1.807, 2.05) is 42.6 Å². The fraction of sp³-hybridized carbons (Fsp3) is 0.0213. The molecule has 246 valence electrons. The Kier molecular flexibility index (Phi) is 6.80. The maximum Gasteiger partial charge on any atom is 0.140 e. The largest absolute Gasteiger partial charge is 0.506 e. The van der Waals surface area contributed by atoms with Gasteiger partial charge in [-0.25, -0.2) is 4.98 Å². The number of rotatable bonds is 5. The molecule has 10 rings (SSSR count). The maximum absolute atomic E-state index is 11.5. The Morgan fingerprint density at radius 2 is 1.13 bits per heavy atom. The topological polar surface area (TPSA) is 55.9 Å². The number of phenols is 1. The third-order valence-corrected chi connectivity index (χ3v) is 10.2. The molecule has 0 aliphatic rings. The van der Waals surface area contributed by atoms with E-state index >= 15 is 0 Å². The van der Waals surface area contributed by atoms with Crippen LogP contribution in [0.3, 0.4) is 0 Å². The predicted molar refractivity (Wildman–Crippen MR) is 213 cm³/mol. The molecule has 1 N–H and O–H groups in total. The summed E-state index contributed by atoms with van der Waals surface area (Å²) in [5, 5.41) is 15.9. The number of aromatic hydroxyl groups is 1. The zero-order chi connectivity index (χ0) is 34.8. The third-order valence-electron chi connectivity index (χ3n) is 10.2. The maximum atomic E-state index is 11.5. The number of nitrogens with zero attached hydrogens (tertiary/aromatic N) is 4. The summed E-state index contributed by atoms with van der Waals surface area (Å²) >= 11 is 0. The second-order valence-corrected chi connectivity index (χ2v) is 13.3. The Morgan fingerprint density at radius 1 is 0.500 bits per heavy atom. The van der Waals surface area contributed by atoms with Crippen LogP contribution in [-0.2, 0) is 0 Å². The average molecular weight is 669 g/mol. The molecule has 0 unspecified atom stereocenters. The molecule has 4 heterocycles. The summed E-state index contributed by atoms with van der Waals surface area (Å²) in [6, 6.07) is 56.3. The quantitative estimate of drug-likeness (QED) is 0.199. The van der Waals surface area contributed by atoms with Crippen molar-refractivity contribution >= 4 is 43.6 Å². The summed E-state index contributed by atoms with van der Waals surface area (Å²) in [4.78, 5) is 10.1. The van der Waals surface area contributed by atoms with Gasteiger partial charge in [-0.05, 0) is 84.3 Å². The number of aryl methyl sites for hydroxylation is 1. The van der Waals surface area contributed by atoms with Crippen molar-refractivity contribution in [2.45, 2.75) is 6.92 Å². The fourth-order valence-electron chi connectivity index (χ4n) is 7.85. The van der Waals surface area contributed by atoms with Crippen LogP contribution in [0.25, 0.3) is 88.8 Å². The minimum Gasteiger partial charge on any atom is -0.506 e. The number of fused-ring (bicyclic) bond motifs is 7. The van der Waals surface area contributed by atoms with Gasteiger partial charge in [-0.15, -0.1) is 0 Å². The van der Waals surface area contributed by atoms with Crippen molar-refractivity contribution in [2.75, 3.05) is 0 Å². The minimum atomic E-state index is 0.211. The van der Waals surface area contributed by atoms with E-state index in [1.165, 1.54) is 11.1 Å². The second kappa shape index (κ2) is 11.8. The first kappa shape index (κ1) is 29.9. The van der Waals surface area contributed by atoms with Crippen LogP contribution in [0.2, 0.25) is 0 Å². The molecule has 52 heavy (non-hydrogen) atoms. The Balaban J connectivity index is 1.16. The van der Waals surface area contributed by atoms with E-state index in [1.54, 1.807) is 6.07 Å². The number of para-hydroxylation sites is 3. The molecule has 0 radical (unpaired) electrons. The highest BCUT2D eigenvalue weighted by Gasteiger charge is 2.22. The molecule has 6 aromatic carbocycles. The van der Waals surface area contributed by atoms with Gasteiger partial charge in [0.05, 0.1) is 33.5 Å². The lowest BCUT2D eigenvalue weighted by atomic mass is 9.98. The van der Waals surface area contributed by atoms with Crippen LogP contribution < -0.4 is 0 Å². The van der Waals surface area contributed by atoms with E-state index in [9.17, 15) is 5.11 Å². The fourth-order valence-corrected chi connectivity index (χ4v) is 7.85. The number of phenolic OH excluding ortho intramolecular Hbond substituents is 1. The monoisotopic (exact) mass is 668 g/mol. The summed E-state index contributed by atoms with van der Waals surface area (Å²) in [6.07, 6.45) is 1.95. The zero-order valence-corrected chi connectivity index (χ0v) is 28.4. The van der Waals surface area contributed by atoms with Gasteiger partial charge in [-0.2, -0.15) is 0 Å². The van der Waals surface area contributed by atoms with Crippen LogP contribution >= 0.6 is 0 Å². The Labute approximate surface area is 300 Å². The van der Waals surface area contributed by atoms with E-state index in [2.05, 4.69) is 137 Å². The van der Waals surface area contributed by atoms with Gasteiger partial charge in [0.1, 0.15) is 11.6 Å². The number of pyridine rings is 2. The molecule has 5 heteroatoms. The average Bonchev–Trinajstić information content (AvgIpc) is 3.73. The number of hydrogen-bond donors (Lipinski definition) is 1. The van der Waals surface area contributed by atoms with Crippen molar-refractivity contribution in [1.82, 2.24) is 19.1 Å². The molecule has 0 spiro atoms. The molecule has 4 aromatic heterocycles. The van der Waals surface area contributed by atoms with E-state index in [4.69, 9.17) is 9.97 Å². The predicted octanol–water partition coefficient (Wildman–Crippen LogP) is 11.7. The third kappa shape index (κ3) is 4.63. The molecular formula is C47H32N4O. The van der Waals surface area contributed by atoms with E-state index in [0.29, 0.717) is 0 Å². The molecule has 0 atom stereocenters. The highest BCUT2D eigenvalue weighted by atomic mass is 16.3. The van der Waals surface area contributed by atoms with Crippen molar-refractivity contribution < 1.29 is 5.11 Å². The summed E-state index contributed by atoms with van der Waals surface area (Å²) < 4.78 is 4.43. The Morgan fingerprint density at radius 3 is 1.96 bits per heavy atom. The number of hydrogen-bond acceptors (Lipinski definition) is 3. The second-order valence-electron chi connectivity index (χ2n) is 13.3. The van der Waals surface area contributed by atoms with Crippen LogP contribution in [-0.4, -0.2) is 24.2 Å². The zero-order valence-electron chi connectivity index (χ0n) is 28.4. The molecule has 0 saturated carbocycles. The van der Waals surface area contributed by atoms with Gasteiger partial charge in [-0.3, -0.25) is 9.55 Å². The van der Waals surface area contributed by atoms with Gasteiger partial charge in [0, 0.05) is 44.6 Å². The number of benzene rings is 6. The highest BCUT2D eigenvalue weighted by molar-refractivity contribution is 6.29. The molecular weight excluding hydrogens is 637 g/mol. The van der Waals surface area contributed by atoms with E-state index < -0.39 is 0 Å². The van der Waals surface area contributed by atoms with E-state index in [-0.39, 0.29) is 5.75 Å². The van der Waals surface area contributed by atoms with Crippen LogP contribution in [0.1, 0.15) is 5.56 Å². The van der Waals surface area contributed by atoms with Crippen LogP contribution in [0, 0.1) is 6.92 Å². The van der Waals surface area contributed by atoms with E-state index in [0.717, 1.165) is 83.2 Å². The summed E-state index contributed by atoms with van der Waals surface area (Å²) in [7, 11) is 0. The minimum absolute atomic E-state index is 0.211. The SMILES string of the molecule is Cc1cnc(-c2cccc(-c3cccc(-n4c5ccc6c(c7ccccc7n6-c6ccccc6)c5c5cccc(O)c54)n3)c2)cc1-c1ccccc1. The number of aromatic nitrogens is 4. The lowest BCUT2D eigenvalue weighted by Gasteiger charge is -2.12. The first-order valence-corrected chi connectivity index (χ1v) is 17.5. The molecule has 0 aliphatic carbocycles. The smallest absolute Gasteiger partial charge is 0.140 e. The molecule has 0 fully saturated rings. The standard InChI is InChI=1S/C47H32N4O/c1-30-29-48-39(28-37(30)31-13-4-2-5-14-31)33-16-10-15-32(27-33)38-21-12-24-44(49-38)51-42-26-25-41-45(46(42)36-20-11-23-43(52)47(36)51)35-19-8-9-22-40(35)50(41)34-17-6-3-7-18-34/h2-29,52H,1H3. The molecule has 0 amide bonds.